The largest absolute Gasteiger partial charge is 0.416 e. The minimum Gasteiger partial charge on any atom is -0.324 e. The second kappa shape index (κ2) is 12.6. The zero-order valence-electron chi connectivity index (χ0n) is 16.6. The minimum atomic E-state index is -4.44. The highest BCUT2D eigenvalue weighted by Crippen LogP contribution is 2.33. The maximum absolute atomic E-state index is 13.0. The van der Waals surface area contributed by atoms with Gasteiger partial charge in [0.2, 0.25) is 5.95 Å². The highest BCUT2D eigenvalue weighted by Gasteiger charge is 2.31. The third-order valence-corrected chi connectivity index (χ3v) is 3.85. The van der Waals surface area contributed by atoms with E-state index < -0.39 is 11.7 Å². The van der Waals surface area contributed by atoms with Crippen molar-refractivity contribution in [2.24, 2.45) is 10.2 Å². The molecule has 1 heterocycles. The van der Waals surface area contributed by atoms with Crippen LogP contribution in [0.2, 0.25) is 0 Å². The maximum atomic E-state index is 13.0. The van der Waals surface area contributed by atoms with E-state index in [0.717, 1.165) is 18.6 Å². The van der Waals surface area contributed by atoms with Gasteiger partial charge in [0.05, 0.1) is 17.8 Å². The van der Waals surface area contributed by atoms with Crippen LogP contribution >= 0.6 is 15.9 Å². The second-order valence-corrected chi connectivity index (χ2v) is 6.54. The predicted molar refractivity (Wildman–Crippen MR) is 118 cm³/mol. The molecule has 1 aromatic heterocycles. The van der Waals surface area contributed by atoms with Gasteiger partial charge in [-0.3, -0.25) is 0 Å². The molecule has 6 nitrogen and oxygen atoms in total. The summed E-state index contributed by atoms with van der Waals surface area (Å²) in [6.07, 6.45) is 9.78. The van der Waals surface area contributed by atoms with E-state index in [1.165, 1.54) is 12.3 Å². The summed E-state index contributed by atoms with van der Waals surface area (Å²) < 4.78 is 39.2. The first-order valence-electron chi connectivity index (χ1n) is 8.94. The van der Waals surface area contributed by atoms with Gasteiger partial charge in [0.25, 0.3) is 0 Å². The number of nitrogens with zero attached hydrogens (tertiary/aromatic N) is 5. The van der Waals surface area contributed by atoms with Crippen LogP contribution in [0.5, 0.6) is 0 Å². The number of nitrogens with one attached hydrogen (secondary N) is 1. The van der Waals surface area contributed by atoms with Crippen molar-refractivity contribution < 1.29 is 13.2 Å². The maximum Gasteiger partial charge on any atom is 0.416 e. The molecule has 0 aliphatic carbocycles. The Balaban J connectivity index is 0.00000218. The van der Waals surface area contributed by atoms with Gasteiger partial charge in [0.15, 0.2) is 0 Å². The van der Waals surface area contributed by atoms with E-state index in [0.29, 0.717) is 23.1 Å². The number of anilines is 2. The monoisotopic (exact) mass is 482 g/mol. The molecular formula is C20H22BrF3N6. The number of rotatable bonds is 8. The molecule has 0 atom stereocenters. The van der Waals surface area contributed by atoms with Crippen molar-refractivity contribution in [1.29, 1.82) is 0 Å². The van der Waals surface area contributed by atoms with Gasteiger partial charge in [-0.25, -0.2) is 9.97 Å². The quantitative estimate of drug-likeness (QED) is 0.306. The average molecular weight is 483 g/mol. The predicted octanol–water partition coefficient (Wildman–Crippen LogP) is 5.50. The molecule has 0 aliphatic rings. The Labute approximate surface area is 182 Å². The van der Waals surface area contributed by atoms with Gasteiger partial charge in [0, 0.05) is 35.2 Å². The number of alkyl halides is 3. The van der Waals surface area contributed by atoms with Gasteiger partial charge in [-0.05, 0) is 37.6 Å². The van der Waals surface area contributed by atoms with Crippen molar-refractivity contribution in [2.75, 3.05) is 11.9 Å². The van der Waals surface area contributed by atoms with Crippen LogP contribution in [0.4, 0.5) is 24.8 Å². The molecule has 0 aliphatic heterocycles. The first-order chi connectivity index (χ1) is 14.3. The van der Waals surface area contributed by atoms with Crippen molar-refractivity contribution >= 4 is 40.0 Å². The van der Waals surface area contributed by atoms with E-state index in [1.54, 1.807) is 23.6 Å². The Kier molecular flexibility index (Phi) is 10.5. The third kappa shape index (κ3) is 8.61. The van der Waals surface area contributed by atoms with Gasteiger partial charge in [-0.2, -0.15) is 28.5 Å². The van der Waals surface area contributed by atoms with Crippen molar-refractivity contribution in [3.8, 4) is 12.8 Å². The lowest BCUT2D eigenvalue weighted by Gasteiger charge is -2.11. The molecule has 0 amide bonds. The average Bonchev–Trinajstić information content (AvgIpc) is 2.71. The summed E-state index contributed by atoms with van der Waals surface area (Å²) in [5, 5.41) is 12.8. The Morgan fingerprint density at radius 2 is 1.87 bits per heavy atom. The summed E-state index contributed by atoms with van der Waals surface area (Å²) in [6.45, 7) is 4.55. The summed E-state index contributed by atoms with van der Waals surface area (Å²) in [6, 6.07) is 5.26. The van der Waals surface area contributed by atoms with Crippen LogP contribution < -0.4 is 5.32 Å². The number of benzene rings is 1. The lowest BCUT2D eigenvalue weighted by Crippen LogP contribution is -2.10. The number of hydrogen-bond donors (Lipinski definition) is 1. The van der Waals surface area contributed by atoms with Crippen molar-refractivity contribution in [3.05, 3.63) is 46.2 Å². The fraction of sp³-hybridized carbons (Fsp3) is 0.300. The molecule has 0 radical (unpaired) electrons. The standard InChI is InChI=1S/C18H20BrF3N6.C2H2/c1-3-7-24-28(4-2)25-9-6-15-5-8-23-17(26-15)27-16-11-13(18(20,21)22)10-14(19)12-16;1-2/h5,7-12H,3-4,6H2,1-2H3,(H,23,26,27);1-2H/b24-7-,25-9-;. The van der Waals surface area contributed by atoms with E-state index in [1.807, 2.05) is 13.8 Å². The third-order valence-electron chi connectivity index (χ3n) is 3.39. The van der Waals surface area contributed by atoms with E-state index >= 15 is 0 Å². The van der Waals surface area contributed by atoms with E-state index in [2.05, 4.69) is 54.3 Å². The minimum absolute atomic E-state index is 0.202. The van der Waals surface area contributed by atoms with Gasteiger partial charge in [-0.1, -0.05) is 22.9 Å². The van der Waals surface area contributed by atoms with Crippen molar-refractivity contribution in [3.63, 3.8) is 0 Å². The van der Waals surface area contributed by atoms with Gasteiger partial charge in [-0.15, -0.1) is 12.8 Å². The molecule has 0 saturated carbocycles. The van der Waals surface area contributed by atoms with Crippen LogP contribution in [-0.2, 0) is 12.6 Å². The van der Waals surface area contributed by atoms with Crippen LogP contribution in [0.3, 0.4) is 0 Å². The molecule has 1 aromatic carbocycles. The van der Waals surface area contributed by atoms with Gasteiger partial charge < -0.3 is 5.32 Å². The zero-order chi connectivity index (χ0) is 22.6. The molecule has 2 rings (SSSR count). The zero-order valence-corrected chi connectivity index (χ0v) is 18.2. The molecule has 2 aromatic rings. The Bertz CT molecular complexity index is 880. The first kappa shape index (κ1) is 25.1. The summed E-state index contributed by atoms with van der Waals surface area (Å²) >= 11 is 3.09. The Hall–Kier alpha value is -2.93. The highest BCUT2D eigenvalue weighted by molar-refractivity contribution is 9.10. The van der Waals surface area contributed by atoms with Crippen LogP contribution in [0.25, 0.3) is 0 Å². The second-order valence-electron chi connectivity index (χ2n) is 5.62. The topological polar surface area (TPSA) is 65.8 Å². The van der Waals surface area contributed by atoms with E-state index in [4.69, 9.17) is 0 Å². The van der Waals surface area contributed by atoms with E-state index in [9.17, 15) is 13.2 Å². The van der Waals surface area contributed by atoms with Gasteiger partial charge in [0.1, 0.15) is 0 Å². The Morgan fingerprint density at radius 1 is 1.17 bits per heavy atom. The molecule has 10 heteroatoms. The fourth-order valence-corrected chi connectivity index (χ4v) is 2.62. The molecular weight excluding hydrogens is 461 g/mol. The molecule has 30 heavy (non-hydrogen) atoms. The number of halogens is 4. The molecule has 0 fully saturated rings. The lowest BCUT2D eigenvalue weighted by atomic mass is 10.2. The first-order valence-corrected chi connectivity index (χ1v) is 9.73. The molecule has 0 saturated heterocycles. The van der Waals surface area contributed by atoms with Crippen LogP contribution in [0, 0.1) is 12.8 Å². The number of terminal acetylenes is 1. The number of hydrazone groups is 2. The fourth-order valence-electron chi connectivity index (χ4n) is 2.12. The van der Waals surface area contributed by atoms with Crippen LogP contribution in [-0.4, -0.2) is 34.1 Å². The van der Waals surface area contributed by atoms with Crippen molar-refractivity contribution in [2.45, 2.75) is 32.9 Å². The number of aromatic nitrogens is 2. The van der Waals surface area contributed by atoms with E-state index in [-0.39, 0.29) is 11.6 Å². The summed E-state index contributed by atoms with van der Waals surface area (Å²) in [5.74, 6) is 0.202. The molecule has 160 valence electrons. The van der Waals surface area contributed by atoms with Crippen LogP contribution in [0.15, 0.2) is 45.1 Å². The summed E-state index contributed by atoms with van der Waals surface area (Å²) in [4.78, 5) is 8.37. The highest BCUT2D eigenvalue weighted by atomic mass is 79.9. The lowest BCUT2D eigenvalue weighted by molar-refractivity contribution is -0.137. The molecule has 0 bridgehead atoms. The van der Waals surface area contributed by atoms with Gasteiger partial charge >= 0.3 is 6.18 Å². The Morgan fingerprint density at radius 3 is 2.50 bits per heavy atom. The summed E-state index contributed by atoms with van der Waals surface area (Å²) in [5.41, 5.74) is 0.140. The molecule has 0 spiro atoms. The SMILES string of the molecule is C#C.CC/C=N\N(CC)/N=C\Cc1ccnc(Nc2cc(Br)cc(C(F)(F)F)c2)n1. The van der Waals surface area contributed by atoms with Crippen molar-refractivity contribution in [1.82, 2.24) is 15.1 Å². The smallest absolute Gasteiger partial charge is 0.324 e. The summed E-state index contributed by atoms with van der Waals surface area (Å²) in [7, 11) is 0. The molecule has 0 unspecified atom stereocenters. The van der Waals surface area contributed by atoms with Crippen LogP contribution in [0.1, 0.15) is 31.5 Å². The molecule has 1 N–H and O–H groups in total. The number of hydrogen-bond acceptors (Lipinski definition) is 6. The normalized spacial score (nSPS) is 11.3.